The average molecular weight is 463 g/mol. The summed E-state index contributed by atoms with van der Waals surface area (Å²) in [6.07, 6.45) is 11.2. The lowest BCUT2D eigenvalue weighted by Gasteiger charge is -2.40. The lowest BCUT2D eigenvalue weighted by atomic mass is 9.89. The zero-order chi connectivity index (χ0) is 23.5. The summed E-state index contributed by atoms with van der Waals surface area (Å²) in [6.45, 7) is 5.01. The molecule has 6 heteroatoms. The minimum atomic E-state index is 0.178. The molecule has 6 nitrogen and oxygen atoms in total. The molecule has 3 aliphatic rings. The number of benzene rings is 1. The maximum Gasteiger partial charge on any atom is 0.228 e. The first-order valence-corrected chi connectivity index (χ1v) is 13.2. The van der Waals surface area contributed by atoms with Gasteiger partial charge in [-0.3, -0.25) is 14.6 Å². The number of aromatic nitrogens is 2. The van der Waals surface area contributed by atoms with E-state index in [0.717, 1.165) is 60.5 Å². The highest BCUT2D eigenvalue weighted by molar-refractivity contribution is 5.95. The Morgan fingerprint density at radius 1 is 1.00 bits per heavy atom. The number of rotatable bonds is 6. The predicted molar refractivity (Wildman–Crippen MR) is 135 cm³/mol. The summed E-state index contributed by atoms with van der Waals surface area (Å²) in [5, 5.41) is 0. The SMILES string of the molecule is COc1ccc(CCN2C(=O)CCc3c(C)nc([C@@H]4CCCN(C5CCCCC5)C4)nc32)cc1. The quantitative estimate of drug-likeness (QED) is 0.616. The third kappa shape index (κ3) is 4.97. The molecular formula is C28H38N4O2. The summed E-state index contributed by atoms with van der Waals surface area (Å²) in [6, 6.07) is 8.84. The molecule has 1 aromatic heterocycles. The van der Waals surface area contributed by atoms with Crippen molar-refractivity contribution in [3.8, 4) is 5.75 Å². The number of nitrogens with zero attached hydrogens (tertiary/aromatic N) is 4. The number of piperidine rings is 1. The van der Waals surface area contributed by atoms with E-state index in [1.165, 1.54) is 50.6 Å². The third-order valence-corrected chi connectivity index (χ3v) is 8.05. The Morgan fingerprint density at radius 3 is 2.56 bits per heavy atom. The zero-order valence-corrected chi connectivity index (χ0v) is 20.8. The van der Waals surface area contributed by atoms with Gasteiger partial charge < -0.3 is 4.74 Å². The maximum atomic E-state index is 13.0. The van der Waals surface area contributed by atoms with Gasteiger partial charge in [0.15, 0.2) is 0 Å². The molecule has 2 fully saturated rings. The molecule has 3 heterocycles. The molecule has 0 N–H and O–H groups in total. The lowest BCUT2D eigenvalue weighted by molar-refractivity contribution is -0.118. The van der Waals surface area contributed by atoms with Crippen LogP contribution in [0.15, 0.2) is 24.3 Å². The van der Waals surface area contributed by atoms with Crippen molar-refractivity contribution in [2.75, 3.05) is 31.6 Å². The molecule has 34 heavy (non-hydrogen) atoms. The van der Waals surface area contributed by atoms with Crippen molar-refractivity contribution in [3.05, 3.63) is 46.9 Å². The van der Waals surface area contributed by atoms with Crippen LogP contribution in [0, 0.1) is 6.92 Å². The van der Waals surface area contributed by atoms with E-state index in [4.69, 9.17) is 14.7 Å². The summed E-state index contributed by atoms with van der Waals surface area (Å²) >= 11 is 0. The third-order valence-electron chi connectivity index (χ3n) is 8.05. The van der Waals surface area contributed by atoms with Crippen molar-refractivity contribution in [3.63, 3.8) is 0 Å². The minimum Gasteiger partial charge on any atom is -0.497 e. The lowest BCUT2D eigenvalue weighted by Crippen LogP contribution is -2.43. The fourth-order valence-electron chi connectivity index (χ4n) is 6.04. The van der Waals surface area contributed by atoms with Crippen LogP contribution >= 0.6 is 0 Å². The molecule has 2 aliphatic heterocycles. The average Bonchev–Trinajstić information content (AvgIpc) is 2.89. The highest BCUT2D eigenvalue weighted by Gasteiger charge is 2.32. The van der Waals surface area contributed by atoms with E-state index >= 15 is 0 Å². The van der Waals surface area contributed by atoms with E-state index in [1.54, 1.807) is 7.11 Å². The number of methoxy groups -OCH3 is 1. The van der Waals surface area contributed by atoms with Gasteiger partial charge in [-0.25, -0.2) is 9.97 Å². The molecule has 1 saturated heterocycles. The Morgan fingerprint density at radius 2 is 1.79 bits per heavy atom. The van der Waals surface area contributed by atoms with Gasteiger partial charge in [0.05, 0.1) is 7.11 Å². The van der Waals surface area contributed by atoms with Crippen LogP contribution in [-0.2, 0) is 17.6 Å². The molecule has 1 saturated carbocycles. The molecule has 182 valence electrons. The number of ether oxygens (including phenoxy) is 1. The second kappa shape index (κ2) is 10.4. The fourth-order valence-corrected chi connectivity index (χ4v) is 6.04. The van der Waals surface area contributed by atoms with E-state index < -0.39 is 0 Å². The Bertz CT molecular complexity index is 1000. The summed E-state index contributed by atoms with van der Waals surface area (Å²) in [5.41, 5.74) is 3.40. The van der Waals surface area contributed by atoms with Crippen molar-refractivity contribution in [1.82, 2.24) is 14.9 Å². The minimum absolute atomic E-state index is 0.178. The highest BCUT2D eigenvalue weighted by atomic mass is 16.5. The molecule has 1 aliphatic carbocycles. The number of anilines is 1. The summed E-state index contributed by atoms with van der Waals surface area (Å²) < 4.78 is 5.27. The van der Waals surface area contributed by atoms with Crippen molar-refractivity contribution in [1.29, 1.82) is 0 Å². The van der Waals surface area contributed by atoms with Gasteiger partial charge in [0.2, 0.25) is 5.91 Å². The molecule has 0 bridgehead atoms. The molecule has 0 radical (unpaired) electrons. The van der Waals surface area contributed by atoms with E-state index in [9.17, 15) is 4.79 Å². The van der Waals surface area contributed by atoms with Gasteiger partial charge in [-0.2, -0.15) is 0 Å². The second-order valence-electron chi connectivity index (χ2n) is 10.2. The smallest absolute Gasteiger partial charge is 0.228 e. The monoisotopic (exact) mass is 462 g/mol. The summed E-state index contributed by atoms with van der Waals surface area (Å²) in [7, 11) is 1.68. The van der Waals surface area contributed by atoms with E-state index in [-0.39, 0.29) is 5.91 Å². The van der Waals surface area contributed by atoms with Gasteiger partial charge >= 0.3 is 0 Å². The van der Waals surface area contributed by atoms with Crippen LogP contribution in [0.1, 0.15) is 79.9 Å². The van der Waals surface area contributed by atoms with Crippen LogP contribution in [-0.4, -0.2) is 53.6 Å². The number of aryl methyl sites for hydroxylation is 1. The fraction of sp³-hybridized carbons (Fsp3) is 0.607. The van der Waals surface area contributed by atoms with Crippen LogP contribution in [0.4, 0.5) is 5.82 Å². The van der Waals surface area contributed by atoms with Gasteiger partial charge in [0, 0.05) is 42.7 Å². The molecular weight excluding hydrogens is 424 g/mol. The Balaban J connectivity index is 1.35. The van der Waals surface area contributed by atoms with Crippen LogP contribution in [0.3, 0.4) is 0 Å². The predicted octanol–water partition coefficient (Wildman–Crippen LogP) is 4.83. The Kier molecular flexibility index (Phi) is 7.14. The van der Waals surface area contributed by atoms with Crippen LogP contribution in [0.5, 0.6) is 5.75 Å². The van der Waals surface area contributed by atoms with Gasteiger partial charge in [0.25, 0.3) is 0 Å². The Labute approximate surface area is 203 Å². The number of fused-ring (bicyclic) bond motifs is 1. The molecule has 1 aromatic carbocycles. The maximum absolute atomic E-state index is 13.0. The molecule has 1 amide bonds. The number of likely N-dealkylation sites (tertiary alicyclic amines) is 1. The van der Waals surface area contributed by atoms with Crippen molar-refractivity contribution < 1.29 is 9.53 Å². The van der Waals surface area contributed by atoms with Gasteiger partial charge in [-0.1, -0.05) is 31.4 Å². The van der Waals surface area contributed by atoms with Gasteiger partial charge in [0.1, 0.15) is 17.4 Å². The van der Waals surface area contributed by atoms with Gasteiger partial charge in [-0.15, -0.1) is 0 Å². The first-order valence-electron chi connectivity index (χ1n) is 13.2. The normalized spacial score (nSPS) is 22.0. The van der Waals surface area contributed by atoms with E-state index in [1.807, 2.05) is 17.0 Å². The molecule has 0 spiro atoms. The highest BCUT2D eigenvalue weighted by Crippen LogP contribution is 2.34. The number of hydrogen-bond acceptors (Lipinski definition) is 5. The Hall–Kier alpha value is -2.47. The van der Waals surface area contributed by atoms with Crippen LogP contribution < -0.4 is 9.64 Å². The van der Waals surface area contributed by atoms with Crippen LogP contribution in [0.25, 0.3) is 0 Å². The topological polar surface area (TPSA) is 58.6 Å². The van der Waals surface area contributed by atoms with Crippen molar-refractivity contribution in [2.45, 2.75) is 83.1 Å². The number of carbonyl (C=O) groups is 1. The number of carbonyl (C=O) groups excluding carboxylic acids is 1. The molecule has 5 rings (SSSR count). The zero-order valence-electron chi connectivity index (χ0n) is 20.8. The van der Waals surface area contributed by atoms with Crippen molar-refractivity contribution in [2.24, 2.45) is 0 Å². The summed E-state index contributed by atoms with van der Waals surface area (Å²) in [5.74, 6) is 3.20. The summed E-state index contributed by atoms with van der Waals surface area (Å²) in [4.78, 5) is 27.7. The molecule has 2 aromatic rings. The second-order valence-corrected chi connectivity index (χ2v) is 10.2. The van der Waals surface area contributed by atoms with Gasteiger partial charge in [-0.05, 0) is 69.7 Å². The first kappa shape index (κ1) is 23.3. The first-order chi connectivity index (χ1) is 16.6. The number of hydrogen-bond donors (Lipinski definition) is 0. The molecule has 0 unspecified atom stereocenters. The van der Waals surface area contributed by atoms with Crippen molar-refractivity contribution >= 4 is 11.7 Å². The van der Waals surface area contributed by atoms with E-state index in [0.29, 0.717) is 18.9 Å². The van der Waals surface area contributed by atoms with E-state index in [2.05, 4.69) is 24.0 Å². The standard InChI is InChI=1S/C28H38N4O2/c1-20-25-14-15-26(33)32(18-16-21-10-12-24(34-2)13-11-21)28(25)30-27(29-20)22-7-6-17-31(19-22)23-8-4-3-5-9-23/h10-13,22-23H,3-9,14-19H2,1-2H3/t22-/m1/s1. The number of amides is 1. The van der Waals surface area contributed by atoms with Crippen LogP contribution in [0.2, 0.25) is 0 Å². The molecule has 1 atom stereocenters. The largest absolute Gasteiger partial charge is 0.497 e.